The zero-order valence-corrected chi connectivity index (χ0v) is 20.4. The minimum atomic E-state index is -0.651. The number of likely N-dealkylation sites (tertiary alicyclic amines) is 1. The van der Waals surface area contributed by atoms with Gasteiger partial charge in [0.05, 0.1) is 18.5 Å². The van der Waals surface area contributed by atoms with Crippen molar-refractivity contribution in [1.82, 2.24) is 14.9 Å². The van der Waals surface area contributed by atoms with E-state index in [-0.39, 0.29) is 5.91 Å². The number of carbonyl (C=O) groups is 2. The maximum atomic E-state index is 13.1. The van der Waals surface area contributed by atoms with Gasteiger partial charge in [-0.25, -0.2) is 14.7 Å². The molecule has 7 heteroatoms. The van der Waals surface area contributed by atoms with Crippen molar-refractivity contribution in [2.24, 2.45) is 0 Å². The molecule has 1 fully saturated rings. The molecule has 0 spiro atoms. The van der Waals surface area contributed by atoms with E-state index in [1.54, 1.807) is 27.9 Å². The number of benzene rings is 2. The number of aromatic nitrogens is 2. The first kappa shape index (κ1) is 23.8. The second-order valence-electron chi connectivity index (χ2n) is 9.77. The Bertz CT molecular complexity index is 1160. The van der Waals surface area contributed by atoms with Crippen molar-refractivity contribution >= 4 is 23.0 Å². The van der Waals surface area contributed by atoms with Gasteiger partial charge in [-0.15, -0.1) is 0 Å². The number of hydrogen-bond donors (Lipinski definition) is 1. The molecule has 3 aromatic rings. The molecule has 34 heavy (non-hydrogen) atoms. The number of fused-ring (bicyclic) bond motifs is 1. The molecular formula is C27H33N3O4. The van der Waals surface area contributed by atoms with Crippen LogP contribution in [0.2, 0.25) is 0 Å². The van der Waals surface area contributed by atoms with E-state index < -0.39 is 17.6 Å². The first-order valence-corrected chi connectivity index (χ1v) is 11.9. The lowest BCUT2D eigenvalue weighted by Crippen LogP contribution is -2.38. The van der Waals surface area contributed by atoms with Crippen LogP contribution >= 0.6 is 0 Å². The van der Waals surface area contributed by atoms with E-state index >= 15 is 0 Å². The van der Waals surface area contributed by atoms with E-state index in [9.17, 15) is 9.59 Å². The number of H-pyrrole nitrogens is 1. The molecule has 2 heterocycles. The third-order valence-electron chi connectivity index (χ3n) is 6.08. The van der Waals surface area contributed by atoms with E-state index in [0.717, 1.165) is 48.1 Å². The Hall–Kier alpha value is -3.35. The molecule has 0 bridgehead atoms. The Labute approximate surface area is 200 Å². The molecule has 4 rings (SSSR count). The summed E-state index contributed by atoms with van der Waals surface area (Å²) >= 11 is 0. The maximum absolute atomic E-state index is 13.1. The Morgan fingerprint density at radius 2 is 1.85 bits per heavy atom. The van der Waals surface area contributed by atoms with Crippen molar-refractivity contribution in [2.45, 2.75) is 64.4 Å². The zero-order chi connectivity index (χ0) is 24.3. The van der Waals surface area contributed by atoms with Crippen LogP contribution in [0, 0.1) is 0 Å². The van der Waals surface area contributed by atoms with Crippen LogP contribution < -0.4 is 4.74 Å². The van der Waals surface area contributed by atoms with Gasteiger partial charge in [-0.2, -0.15) is 0 Å². The summed E-state index contributed by atoms with van der Waals surface area (Å²) in [5.41, 5.74) is 3.06. The van der Waals surface area contributed by atoms with Gasteiger partial charge >= 0.3 is 6.09 Å². The summed E-state index contributed by atoms with van der Waals surface area (Å²) in [6.07, 6.45) is 3.87. The summed E-state index contributed by atoms with van der Waals surface area (Å²) in [5, 5.41) is 0. The number of amides is 2. The molecule has 7 nitrogen and oxygen atoms in total. The molecule has 0 aliphatic carbocycles. The van der Waals surface area contributed by atoms with Crippen LogP contribution in [0.4, 0.5) is 4.79 Å². The van der Waals surface area contributed by atoms with Crippen LogP contribution in [0.25, 0.3) is 11.0 Å². The molecule has 0 radical (unpaired) electrons. The summed E-state index contributed by atoms with van der Waals surface area (Å²) in [5.74, 6) is 0.885. The van der Waals surface area contributed by atoms with Gasteiger partial charge in [0, 0.05) is 13.0 Å². The average molecular weight is 464 g/mol. The molecule has 1 saturated heterocycles. The zero-order valence-electron chi connectivity index (χ0n) is 20.4. The Kier molecular flexibility index (Phi) is 6.91. The fraction of sp³-hybridized carbons (Fsp3) is 0.444. The summed E-state index contributed by atoms with van der Waals surface area (Å²) in [4.78, 5) is 35.1. The van der Waals surface area contributed by atoms with Crippen LogP contribution in [-0.2, 0) is 22.4 Å². The van der Waals surface area contributed by atoms with Crippen molar-refractivity contribution < 1.29 is 19.1 Å². The molecule has 1 atom stereocenters. The van der Waals surface area contributed by atoms with E-state index in [0.29, 0.717) is 18.7 Å². The van der Waals surface area contributed by atoms with Crippen molar-refractivity contribution in [3.05, 3.63) is 59.4 Å². The highest BCUT2D eigenvalue weighted by Crippen LogP contribution is 2.36. The lowest BCUT2D eigenvalue weighted by molar-refractivity contribution is -0.128. The van der Waals surface area contributed by atoms with Gasteiger partial charge in [0.1, 0.15) is 22.7 Å². The highest BCUT2D eigenvalue weighted by molar-refractivity contribution is 6.00. The number of imidazole rings is 1. The van der Waals surface area contributed by atoms with E-state index in [4.69, 9.17) is 14.5 Å². The van der Waals surface area contributed by atoms with Crippen molar-refractivity contribution in [3.8, 4) is 5.75 Å². The SMILES string of the molecule is COc1ccc(C2CCN(C(=O)OC(C)(C)C)C2=O)c2[nH]c(CCCCc3ccccc3)nc12. The minimum Gasteiger partial charge on any atom is -0.494 e. The topological polar surface area (TPSA) is 84.5 Å². The molecule has 0 saturated carbocycles. The average Bonchev–Trinajstić information content (AvgIpc) is 3.39. The molecule has 1 aromatic heterocycles. The van der Waals surface area contributed by atoms with Gasteiger partial charge in [0.15, 0.2) is 0 Å². The predicted molar refractivity (Wildman–Crippen MR) is 131 cm³/mol. The molecular weight excluding hydrogens is 430 g/mol. The fourth-order valence-corrected chi connectivity index (χ4v) is 4.44. The first-order valence-electron chi connectivity index (χ1n) is 11.9. The van der Waals surface area contributed by atoms with Crippen LogP contribution in [0.5, 0.6) is 5.75 Å². The molecule has 1 aliphatic heterocycles. The molecule has 180 valence electrons. The van der Waals surface area contributed by atoms with Gasteiger partial charge in [-0.1, -0.05) is 36.4 Å². The van der Waals surface area contributed by atoms with E-state index in [1.165, 1.54) is 10.5 Å². The predicted octanol–water partition coefficient (Wildman–Crippen LogP) is 5.39. The fourth-order valence-electron chi connectivity index (χ4n) is 4.44. The van der Waals surface area contributed by atoms with Crippen LogP contribution in [0.3, 0.4) is 0 Å². The van der Waals surface area contributed by atoms with Crippen LogP contribution in [-0.4, -0.2) is 46.1 Å². The quantitative estimate of drug-likeness (QED) is 0.475. The lowest BCUT2D eigenvalue weighted by Gasteiger charge is -2.23. The van der Waals surface area contributed by atoms with Gasteiger partial charge < -0.3 is 14.5 Å². The van der Waals surface area contributed by atoms with Crippen molar-refractivity contribution in [2.75, 3.05) is 13.7 Å². The summed E-state index contributed by atoms with van der Waals surface area (Å²) in [6.45, 7) is 5.72. The summed E-state index contributed by atoms with van der Waals surface area (Å²) in [7, 11) is 1.62. The highest BCUT2D eigenvalue weighted by atomic mass is 16.6. The molecule has 2 amide bonds. The number of imide groups is 1. The minimum absolute atomic E-state index is 0.236. The second kappa shape index (κ2) is 9.87. The standard InChI is InChI=1S/C27H33N3O4/c1-27(2,3)34-26(32)30-17-16-20(25(30)31)19-14-15-21(33-4)24-23(19)28-22(29-24)13-9-8-12-18-10-6-5-7-11-18/h5-7,10-11,14-15,20H,8-9,12-13,16-17H2,1-4H3,(H,28,29). The number of aryl methyl sites for hydroxylation is 2. The summed E-state index contributed by atoms with van der Waals surface area (Å²) in [6, 6.07) is 14.2. The summed E-state index contributed by atoms with van der Waals surface area (Å²) < 4.78 is 10.9. The normalized spacial score (nSPS) is 16.3. The monoisotopic (exact) mass is 463 g/mol. The Balaban J connectivity index is 1.50. The third-order valence-corrected chi connectivity index (χ3v) is 6.08. The van der Waals surface area contributed by atoms with Gasteiger partial charge in [-0.05, 0) is 63.6 Å². The van der Waals surface area contributed by atoms with Crippen LogP contribution in [0.1, 0.15) is 62.9 Å². The maximum Gasteiger partial charge on any atom is 0.417 e. The third kappa shape index (κ3) is 5.24. The molecule has 2 aromatic carbocycles. The number of hydrogen-bond acceptors (Lipinski definition) is 5. The number of methoxy groups -OCH3 is 1. The van der Waals surface area contributed by atoms with E-state index in [2.05, 4.69) is 29.2 Å². The second-order valence-corrected chi connectivity index (χ2v) is 9.77. The smallest absolute Gasteiger partial charge is 0.417 e. The number of rotatable bonds is 7. The number of aromatic amines is 1. The molecule has 1 aliphatic rings. The Morgan fingerprint density at radius 1 is 1.12 bits per heavy atom. The number of ether oxygens (including phenoxy) is 2. The van der Waals surface area contributed by atoms with E-state index in [1.807, 2.05) is 18.2 Å². The van der Waals surface area contributed by atoms with Crippen molar-refractivity contribution in [3.63, 3.8) is 0 Å². The highest BCUT2D eigenvalue weighted by Gasteiger charge is 2.39. The molecule has 1 N–H and O–H groups in total. The number of nitrogens with zero attached hydrogens (tertiary/aromatic N) is 2. The lowest BCUT2D eigenvalue weighted by atomic mass is 9.96. The Morgan fingerprint density at radius 3 is 2.56 bits per heavy atom. The number of nitrogens with one attached hydrogen (secondary N) is 1. The first-order chi connectivity index (χ1) is 16.3. The van der Waals surface area contributed by atoms with Crippen molar-refractivity contribution in [1.29, 1.82) is 0 Å². The molecule has 1 unspecified atom stereocenters. The van der Waals surface area contributed by atoms with Crippen LogP contribution in [0.15, 0.2) is 42.5 Å². The van der Waals surface area contributed by atoms with Gasteiger partial charge in [0.25, 0.3) is 0 Å². The number of carbonyl (C=O) groups excluding carboxylic acids is 2. The van der Waals surface area contributed by atoms with Gasteiger partial charge in [0.2, 0.25) is 5.91 Å². The van der Waals surface area contributed by atoms with Gasteiger partial charge in [-0.3, -0.25) is 4.79 Å². The number of unbranched alkanes of at least 4 members (excludes halogenated alkanes) is 1. The largest absolute Gasteiger partial charge is 0.494 e.